The Kier molecular flexibility index (Phi) is 3.84. The van der Waals surface area contributed by atoms with Crippen LogP contribution >= 0.6 is 0 Å². The summed E-state index contributed by atoms with van der Waals surface area (Å²) in [6, 6.07) is 11.0. The highest BCUT2D eigenvalue weighted by atomic mass is 16.5. The van der Waals surface area contributed by atoms with E-state index in [0.717, 1.165) is 19.3 Å². The van der Waals surface area contributed by atoms with Crippen LogP contribution in [-0.2, 0) is 16.0 Å². The van der Waals surface area contributed by atoms with Crippen LogP contribution in [0.4, 0.5) is 0 Å². The Morgan fingerprint density at radius 2 is 1.94 bits per heavy atom. The largest absolute Gasteiger partial charge is 0.386 e. The van der Waals surface area contributed by atoms with Crippen molar-refractivity contribution < 1.29 is 14.6 Å². The predicted octanol–water partition coefficient (Wildman–Crippen LogP) is 4.97. The summed E-state index contributed by atoms with van der Waals surface area (Å²) in [5.41, 5.74) is 0.434. The number of carbonyl (C=O) groups excluding carboxylic acids is 1. The van der Waals surface area contributed by atoms with Gasteiger partial charge in [-0.25, -0.2) is 0 Å². The van der Waals surface area contributed by atoms with Gasteiger partial charge < -0.3 is 9.84 Å². The average Bonchev–Trinajstić information content (AvgIpc) is 3.36. The first-order valence-electron chi connectivity index (χ1n) is 12.9. The van der Waals surface area contributed by atoms with E-state index in [0.29, 0.717) is 30.1 Å². The van der Waals surface area contributed by atoms with Crippen molar-refractivity contribution in [2.45, 2.75) is 70.0 Å². The second kappa shape index (κ2) is 6.16. The molecule has 1 aromatic rings. The van der Waals surface area contributed by atoms with Gasteiger partial charge in [-0.15, -0.1) is 0 Å². The highest BCUT2D eigenvalue weighted by Gasteiger charge is 2.89. The molecule has 170 valence electrons. The van der Waals surface area contributed by atoms with Crippen LogP contribution in [0.3, 0.4) is 0 Å². The Morgan fingerprint density at radius 3 is 2.72 bits per heavy atom. The first-order chi connectivity index (χ1) is 15.4. The molecule has 0 saturated heterocycles. The van der Waals surface area contributed by atoms with E-state index in [-0.39, 0.29) is 34.1 Å². The van der Waals surface area contributed by atoms with Gasteiger partial charge in [0, 0.05) is 18.9 Å². The summed E-state index contributed by atoms with van der Waals surface area (Å²) in [4.78, 5) is 13.4. The molecule has 5 fully saturated rings. The van der Waals surface area contributed by atoms with Gasteiger partial charge in [-0.3, -0.25) is 4.79 Å². The number of carbonyl (C=O) groups is 1. The zero-order valence-corrected chi connectivity index (χ0v) is 19.4. The van der Waals surface area contributed by atoms with Crippen molar-refractivity contribution in [3.63, 3.8) is 0 Å². The van der Waals surface area contributed by atoms with Crippen LogP contribution in [-0.4, -0.2) is 29.7 Å². The van der Waals surface area contributed by atoms with E-state index in [1.807, 2.05) is 0 Å². The minimum Gasteiger partial charge on any atom is -0.386 e. The maximum absolute atomic E-state index is 13.4. The van der Waals surface area contributed by atoms with Crippen molar-refractivity contribution >= 4 is 5.78 Å². The lowest BCUT2D eigenvalue weighted by atomic mass is 9.45. The number of hydrogen-bond donors (Lipinski definition) is 1. The van der Waals surface area contributed by atoms with Gasteiger partial charge in [-0.1, -0.05) is 49.4 Å². The van der Waals surface area contributed by atoms with E-state index in [1.165, 1.54) is 31.2 Å². The molecule has 0 aliphatic heterocycles. The molecule has 6 aliphatic rings. The first-order valence-corrected chi connectivity index (χ1v) is 12.9. The molecule has 0 heterocycles. The molecular weight excluding hydrogens is 396 g/mol. The van der Waals surface area contributed by atoms with Crippen LogP contribution in [0.1, 0.15) is 57.4 Å². The molecule has 6 aliphatic carbocycles. The summed E-state index contributed by atoms with van der Waals surface area (Å²) >= 11 is 0. The second-order valence-electron chi connectivity index (χ2n) is 12.3. The van der Waals surface area contributed by atoms with Crippen molar-refractivity contribution in [2.24, 2.45) is 45.8 Å². The van der Waals surface area contributed by atoms with Crippen LogP contribution in [0.25, 0.3) is 0 Å². The van der Waals surface area contributed by atoms with Gasteiger partial charge in [-0.05, 0) is 85.0 Å². The van der Waals surface area contributed by atoms with E-state index in [2.05, 4.69) is 49.4 Å². The van der Waals surface area contributed by atoms with Crippen LogP contribution in [0, 0.1) is 45.8 Å². The molecular formula is C29H36O3. The lowest BCUT2D eigenvalue weighted by molar-refractivity contribution is -0.193. The average molecular weight is 433 g/mol. The number of rotatable bonds is 3. The minimum atomic E-state index is -0.997. The standard InChI is InChI=1S/C29H36O3/c1-26-24-20-11-14-27(26)13-10-19(15-18-7-4-3-5-8-18)21(27)9-6-12-28(26,17-20)29(31)23(32-2)16-22(30)25(24)29/h3-9,19-21,23-25,31H,10-17H2,1-2H3/t19-,20-,21+,23-,24+,25+,26-,27-,28+,29-/m1/s1. The van der Waals surface area contributed by atoms with Crippen molar-refractivity contribution in [2.75, 3.05) is 7.11 Å². The fourth-order valence-electron chi connectivity index (χ4n) is 11.3. The van der Waals surface area contributed by atoms with Gasteiger partial charge >= 0.3 is 0 Å². The highest BCUT2D eigenvalue weighted by molar-refractivity contribution is 5.88. The van der Waals surface area contributed by atoms with Crippen LogP contribution in [0.5, 0.6) is 0 Å². The molecule has 5 saturated carbocycles. The predicted molar refractivity (Wildman–Crippen MR) is 123 cm³/mol. The van der Waals surface area contributed by atoms with E-state index in [9.17, 15) is 9.90 Å². The molecule has 1 aromatic carbocycles. The molecule has 32 heavy (non-hydrogen) atoms. The highest BCUT2D eigenvalue weighted by Crippen LogP contribution is 2.88. The number of methoxy groups -OCH3 is 1. The van der Waals surface area contributed by atoms with Gasteiger partial charge in [0.05, 0.1) is 12.0 Å². The van der Waals surface area contributed by atoms with Crippen molar-refractivity contribution in [3.05, 3.63) is 48.0 Å². The summed E-state index contributed by atoms with van der Waals surface area (Å²) in [5.74, 6) is 2.19. The summed E-state index contributed by atoms with van der Waals surface area (Å²) in [7, 11) is 1.70. The van der Waals surface area contributed by atoms with E-state index < -0.39 is 5.60 Å². The molecule has 0 unspecified atom stereocenters. The summed E-state index contributed by atoms with van der Waals surface area (Å²) < 4.78 is 5.89. The molecule has 7 rings (SSSR count). The Morgan fingerprint density at radius 1 is 1.16 bits per heavy atom. The third-order valence-corrected chi connectivity index (χ3v) is 12.1. The van der Waals surface area contributed by atoms with Crippen molar-refractivity contribution in [3.8, 4) is 0 Å². The number of fused-ring (bicyclic) bond motifs is 1. The number of ether oxygens (including phenoxy) is 1. The van der Waals surface area contributed by atoms with Gasteiger partial charge in [0.15, 0.2) is 0 Å². The van der Waals surface area contributed by atoms with E-state index in [1.54, 1.807) is 7.11 Å². The van der Waals surface area contributed by atoms with Crippen LogP contribution in [0.2, 0.25) is 0 Å². The molecule has 4 bridgehead atoms. The van der Waals surface area contributed by atoms with Crippen LogP contribution < -0.4 is 0 Å². The second-order valence-corrected chi connectivity index (χ2v) is 12.3. The maximum atomic E-state index is 13.4. The van der Waals surface area contributed by atoms with E-state index in [4.69, 9.17) is 4.74 Å². The molecule has 3 heteroatoms. The zero-order chi connectivity index (χ0) is 21.9. The minimum absolute atomic E-state index is 0.00873. The fraction of sp³-hybridized carbons (Fsp3) is 0.690. The molecule has 0 radical (unpaired) electrons. The lowest BCUT2D eigenvalue weighted by Crippen LogP contribution is -2.60. The van der Waals surface area contributed by atoms with E-state index >= 15 is 0 Å². The third-order valence-electron chi connectivity index (χ3n) is 12.1. The van der Waals surface area contributed by atoms with Gasteiger partial charge in [0.1, 0.15) is 11.4 Å². The van der Waals surface area contributed by atoms with Crippen molar-refractivity contribution in [1.82, 2.24) is 0 Å². The quantitative estimate of drug-likeness (QED) is 0.686. The molecule has 1 spiro atoms. The van der Waals surface area contributed by atoms with Crippen molar-refractivity contribution in [1.29, 1.82) is 0 Å². The maximum Gasteiger partial charge on any atom is 0.141 e. The number of benzene rings is 1. The SMILES string of the molecule is CO[C@@H]1CC(=O)[C@H]2[C@@H]3[C@@H]4CC[C@]56CC[C@H](Cc7ccccc7)[C@@H]5C=CC[C@@](C4)([C@@]12O)[C@]36C. The first kappa shape index (κ1) is 20.0. The Labute approximate surface area is 191 Å². The number of allylic oxidation sites excluding steroid dienone is 2. The third kappa shape index (κ3) is 1.87. The zero-order valence-electron chi connectivity index (χ0n) is 19.4. The Bertz CT molecular complexity index is 1000. The number of hydrogen-bond acceptors (Lipinski definition) is 3. The Hall–Kier alpha value is -1.45. The number of aliphatic hydroxyl groups is 1. The topological polar surface area (TPSA) is 46.5 Å². The molecule has 10 atom stereocenters. The summed E-state index contributed by atoms with van der Waals surface area (Å²) in [5, 5.41) is 12.5. The number of Topliss-reactive ketones (excluding diaryl/α,β-unsaturated/α-hetero) is 1. The van der Waals surface area contributed by atoms with Crippen LogP contribution in [0.15, 0.2) is 42.5 Å². The monoisotopic (exact) mass is 432 g/mol. The smallest absolute Gasteiger partial charge is 0.141 e. The van der Waals surface area contributed by atoms with Gasteiger partial charge in [0.25, 0.3) is 0 Å². The van der Waals surface area contributed by atoms with Gasteiger partial charge in [-0.2, -0.15) is 0 Å². The summed E-state index contributed by atoms with van der Waals surface area (Å²) in [6.45, 7) is 2.53. The van der Waals surface area contributed by atoms with Gasteiger partial charge in [0.2, 0.25) is 0 Å². The lowest BCUT2D eigenvalue weighted by Gasteiger charge is -2.59. The molecule has 1 N–H and O–H groups in total. The Balaban J connectivity index is 1.38. The summed E-state index contributed by atoms with van der Waals surface area (Å²) in [6.07, 6.45) is 13.2. The number of ketones is 1. The molecule has 0 aromatic heterocycles. The molecule has 3 nitrogen and oxygen atoms in total. The normalized spacial score (nSPS) is 54.5. The molecule has 0 amide bonds. The fourth-order valence-corrected chi connectivity index (χ4v) is 11.3.